The molecule has 2 aliphatic rings. The monoisotopic (exact) mass is 674 g/mol. The van der Waals surface area contributed by atoms with Gasteiger partial charge in [0.25, 0.3) is 0 Å². The molecule has 2 nitrogen and oxygen atoms in total. The molecule has 4 heteroatoms. The Balaban J connectivity index is 0.000000344. The molecule has 3 aromatic carbocycles. The van der Waals surface area contributed by atoms with Crippen LogP contribution in [0.25, 0.3) is 0 Å². The normalized spacial score (nSPS) is 17.7. The Morgan fingerprint density at radius 1 is 0.694 bits per heavy atom. The zero-order valence-corrected chi connectivity index (χ0v) is 24.5. The van der Waals surface area contributed by atoms with Crippen LogP contribution in [0.5, 0.6) is 0 Å². The van der Waals surface area contributed by atoms with E-state index in [1.807, 2.05) is 0 Å². The molecule has 36 heavy (non-hydrogen) atoms. The minimum atomic E-state index is -0.673. The van der Waals surface area contributed by atoms with E-state index >= 15 is 0 Å². The molecule has 3 aromatic rings. The Morgan fingerprint density at radius 2 is 1.17 bits per heavy atom. The predicted molar refractivity (Wildman–Crippen MR) is 152 cm³/mol. The maximum Gasteiger partial charge on any atom is 0.217 e. The molecule has 0 bridgehead atoms. The van der Waals surface area contributed by atoms with Crippen LogP contribution in [-0.4, -0.2) is 18.5 Å². The zero-order valence-electron chi connectivity index (χ0n) is 21.2. The molecule has 1 atom stereocenters. The number of hydrogen-bond donors (Lipinski definition) is 0. The fourth-order valence-corrected chi connectivity index (χ4v) is 6.61. The standard InChI is InChI=1S/C24H24NOP.C8H12.Ir/c1-18(2)22-17-26-24(25-22)21-15-9-10-16-23(21)27(19-11-5-3-6-12-19)20-13-7-4-8-14-20;1-2-4-6-8-7-5-3-1;/h3-16,18,22H,17H2,1-2H3;1-2,7-8H,3-6H2;/t22-;;/m1../s1. The molecule has 1 saturated carbocycles. The Kier molecular flexibility index (Phi) is 12.4. The molecule has 1 aliphatic carbocycles. The summed E-state index contributed by atoms with van der Waals surface area (Å²) in [4.78, 5) is 4.89. The van der Waals surface area contributed by atoms with Crippen molar-refractivity contribution in [2.75, 3.05) is 6.61 Å². The van der Waals surface area contributed by atoms with Gasteiger partial charge in [0.05, 0.1) is 6.04 Å². The summed E-state index contributed by atoms with van der Waals surface area (Å²) in [5, 5.41) is 3.98. The maximum atomic E-state index is 6.04. The van der Waals surface area contributed by atoms with Crippen molar-refractivity contribution in [1.82, 2.24) is 0 Å². The molecular formula is C32H36IrNOP. The molecule has 5 radical (unpaired) electrons. The van der Waals surface area contributed by atoms with Gasteiger partial charge in [-0.1, -0.05) is 92.7 Å². The quantitative estimate of drug-likeness (QED) is 0.279. The number of ether oxygens (including phenoxy) is 1. The summed E-state index contributed by atoms with van der Waals surface area (Å²) in [7, 11) is -0.673. The number of aliphatic imine (C=N–C) groups is 1. The third kappa shape index (κ3) is 8.11. The van der Waals surface area contributed by atoms with Crippen LogP contribution < -0.4 is 15.9 Å². The van der Waals surface area contributed by atoms with E-state index < -0.39 is 7.92 Å². The van der Waals surface area contributed by atoms with Crippen LogP contribution in [-0.2, 0) is 24.8 Å². The first kappa shape index (κ1) is 28.8. The summed E-state index contributed by atoms with van der Waals surface area (Å²) in [5.74, 6) is 1.28. The Hall–Kier alpha value is -1.79. The summed E-state index contributed by atoms with van der Waals surface area (Å²) in [5.41, 5.74) is 1.12. The Labute approximate surface area is 233 Å². The van der Waals surface area contributed by atoms with Crippen molar-refractivity contribution in [3.05, 3.63) is 116 Å². The van der Waals surface area contributed by atoms with Gasteiger partial charge in [-0.15, -0.1) is 0 Å². The third-order valence-electron chi connectivity index (χ3n) is 6.18. The average molecular weight is 674 g/mol. The molecule has 189 valence electrons. The van der Waals surface area contributed by atoms with E-state index in [9.17, 15) is 0 Å². The van der Waals surface area contributed by atoms with Crippen molar-refractivity contribution >= 4 is 29.7 Å². The van der Waals surface area contributed by atoms with Gasteiger partial charge in [-0.25, -0.2) is 4.99 Å². The SMILES string of the molecule is CC(C)[C@H]1COC(c2ccccc2P(c2ccccc2)c2ccccc2)=N1.[CH]1[CH]CC[CH][CH]CC1.[Ir]. The smallest absolute Gasteiger partial charge is 0.217 e. The van der Waals surface area contributed by atoms with Gasteiger partial charge in [0.1, 0.15) is 6.61 Å². The van der Waals surface area contributed by atoms with E-state index in [-0.39, 0.29) is 26.1 Å². The van der Waals surface area contributed by atoms with Crippen LogP contribution in [0.15, 0.2) is 89.9 Å². The topological polar surface area (TPSA) is 21.6 Å². The Morgan fingerprint density at radius 3 is 1.64 bits per heavy atom. The van der Waals surface area contributed by atoms with Crippen molar-refractivity contribution in [3.8, 4) is 0 Å². The molecule has 1 heterocycles. The molecule has 1 aliphatic heterocycles. The first-order valence-corrected chi connectivity index (χ1v) is 14.1. The zero-order chi connectivity index (χ0) is 24.3. The van der Waals surface area contributed by atoms with Crippen molar-refractivity contribution in [2.45, 2.75) is 45.6 Å². The molecule has 0 amide bonds. The summed E-state index contributed by atoms with van der Waals surface area (Å²) in [6.45, 7) is 5.08. The van der Waals surface area contributed by atoms with Gasteiger partial charge in [-0.05, 0) is 87.2 Å². The average Bonchev–Trinajstić information content (AvgIpc) is 3.37. The minimum absolute atomic E-state index is 0. The first-order valence-electron chi connectivity index (χ1n) is 12.7. The summed E-state index contributed by atoms with van der Waals surface area (Å²) >= 11 is 0. The molecular weight excluding hydrogens is 638 g/mol. The van der Waals surface area contributed by atoms with Gasteiger partial charge in [0.2, 0.25) is 5.90 Å². The van der Waals surface area contributed by atoms with E-state index in [1.165, 1.54) is 41.6 Å². The van der Waals surface area contributed by atoms with Crippen LogP contribution >= 0.6 is 7.92 Å². The Bertz CT molecular complexity index is 991. The molecule has 5 rings (SSSR count). The van der Waals surface area contributed by atoms with Crippen LogP contribution in [0.4, 0.5) is 0 Å². The van der Waals surface area contributed by atoms with Gasteiger partial charge >= 0.3 is 0 Å². The molecule has 0 aromatic heterocycles. The van der Waals surface area contributed by atoms with Crippen LogP contribution in [0.2, 0.25) is 0 Å². The molecule has 0 spiro atoms. The van der Waals surface area contributed by atoms with E-state index in [0.29, 0.717) is 12.5 Å². The van der Waals surface area contributed by atoms with E-state index in [1.54, 1.807) is 0 Å². The van der Waals surface area contributed by atoms with Crippen molar-refractivity contribution < 1.29 is 24.8 Å². The van der Waals surface area contributed by atoms with E-state index in [0.717, 1.165) is 11.5 Å². The predicted octanol–water partition coefficient (Wildman–Crippen LogP) is 6.62. The molecule has 0 unspecified atom stereocenters. The van der Waals surface area contributed by atoms with Gasteiger partial charge in [-0.3, -0.25) is 0 Å². The van der Waals surface area contributed by atoms with Crippen molar-refractivity contribution in [1.29, 1.82) is 0 Å². The fraction of sp³-hybridized carbons (Fsp3) is 0.281. The van der Waals surface area contributed by atoms with Crippen molar-refractivity contribution in [3.63, 3.8) is 0 Å². The molecule has 0 saturated heterocycles. The van der Waals surface area contributed by atoms with Gasteiger partial charge in [0, 0.05) is 25.7 Å². The summed E-state index contributed by atoms with van der Waals surface area (Å²) < 4.78 is 6.04. The molecule has 0 N–H and O–H groups in total. The second-order valence-corrected chi connectivity index (χ2v) is 11.4. The second kappa shape index (κ2) is 15.5. The van der Waals surface area contributed by atoms with Crippen LogP contribution in [0.1, 0.15) is 45.1 Å². The number of benzene rings is 3. The number of rotatable bonds is 5. The third-order valence-corrected chi connectivity index (χ3v) is 8.68. The second-order valence-electron chi connectivity index (χ2n) is 9.18. The summed E-state index contributed by atoms with van der Waals surface area (Å²) in [6, 6.07) is 30.4. The minimum Gasteiger partial charge on any atom is -0.475 e. The van der Waals surface area contributed by atoms with Gasteiger partial charge in [0.15, 0.2) is 0 Å². The first-order chi connectivity index (χ1) is 17.2. The van der Waals surface area contributed by atoms with E-state index in [2.05, 4.69) is 124 Å². The maximum absolute atomic E-state index is 6.04. The fourth-order valence-electron chi connectivity index (χ4n) is 4.17. The number of hydrogen-bond acceptors (Lipinski definition) is 2. The van der Waals surface area contributed by atoms with Gasteiger partial charge < -0.3 is 4.74 Å². The van der Waals surface area contributed by atoms with Crippen molar-refractivity contribution in [2.24, 2.45) is 10.9 Å². The number of nitrogens with zero attached hydrogens (tertiary/aromatic N) is 1. The largest absolute Gasteiger partial charge is 0.475 e. The van der Waals surface area contributed by atoms with Gasteiger partial charge in [-0.2, -0.15) is 0 Å². The van der Waals surface area contributed by atoms with E-state index in [4.69, 9.17) is 9.73 Å². The van der Waals surface area contributed by atoms with Crippen LogP contribution in [0, 0.1) is 31.6 Å². The van der Waals surface area contributed by atoms with Crippen LogP contribution in [0.3, 0.4) is 0 Å². The summed E-state index contributed by atoms with van der Waals surface area (Å²) in [6.07, 6.45) is 14.0. The molecule has 1 fully saturated rings.